The summed E-state index contributed by atoms with van der Waals surface area (Å²) in [4.78, 5) is 53.6. The van der Waals surface area contributed by atoms with Crippen molar-refractivity contribution in [1.29, 1.82) is 0 Å². The van der Waals surface area contributed by atoms with Crippen molar-refractivity contribution in [2.45, 2.75) is 12.7 Å². The molecule has 3 rings (SSSR count). The largest absolute Gasteiger partial charge is 0.468 e. The summed E-state index contributed by atoms with van der Waals surface area (Å²) in [5.74, 6) is -2.72. The molecule has 2 heterocycles. The van der Waals surface area contributed by atoms with Gasteiger partial charge < -0.3 is 15.2 Å². The fraction of sp³-hybridized carbons (Fsp3) is 0.227. The van der Waals surface area contributed by atoms with E-state index < -0.39 is 48.0 Å². The number of nitrogens with zero attached hydrogens (tertiary/aromatic N) is 3. The third-order valence-corrected chi connectivity index (χ3v) is 4.74. The molecule has 35 heavy (non-hydrogen) atoms. The molecule has 0 unspecified atom stereocenters. The molecule has 0 atom stereocenters. The van der Waals surface area contributed by atoms with Crippen molar-refractivity contribution in [3.8, 4) is 5.88 Å². The molecule has 3 aromatic rings. The first-order valence-electron chi connectivity index (χ1n) is 9.97. The molecule has 0 fully saturated rings. The number of nitrogen functional groups attached to an aromatic ring is 1. The number of aromatic nitrogens is 3. The standard InChI is InChI=1S/C22H19F3N4O6/c1-28-19(31)17(18(26)29(21(28)33)10-13-5-3-2-4-6-13)15(30)11-34-20(32)14-7-8-16(27-9-14)35-12-22(23,24)25/h2-9H,10-12,26H2,1H3. The van der Waals surface area contributed by atoms with E-state index >= 15 is 0 Å². The maximum Gasteiger partial charge on any atom is 0.422 e. The SMILES string of the molecule is Cn1c(=O)c(C(=O)COC(=O)c2ccc(OCC(F)(F)F)nc2)c(N)n(Cc2ccccc2)c1=O. The second-order valence-electron chi connectivity index (χ2n) is 7.27. The van der Waals surface area contributed by atoms with E-state index in [0.29, 0.717) is 5.56 Å². The second-order valence-corrected chi connectivity index (χ2v) is 7.27. The van der Waals surface area contributed by atoms with Crippen LogP contribution in [-0.4, -0.2) is 45.3 Å². The lowest BCUT2D eigenvalue weighted by atomic mass is 10.2. The van der Waals surface area contributed by atoms with Gasteiger partial charge in [-0.1, -0.05) is 30.3 Å². The number of carbonyl (C=O) groups excluding carboxylic acids is 2. The van der Waals surface area contributed by atoms with Crippen LogP contribution in [0.1, 0.15) is 26.3 Å². The maximum atomic E-state index is 12.7. The number of hydrogen-bond acceptors (Lipinski definition) is 8. The summed E-state index contributed by atoms with van der Waals surface area (Å²) in [6.45, 7) is -2.44. The molecule has 0 saturated carbocycles. The van der Waals surface area contributed by atoms with Crippen molar-refractivity contribution in [2.75, 3.05) is 18.9 Å². The number of carbonyl (C=O) groups is 2. The number of nitrogens with two attached hydrogens (primary N) is 1. The number of Topliss-reactive ketones (excluding diaryl/α,β-unsaturated/α-hetero) is 1. The zero-order chi connectivity index (χ0) is 25.8. The first-order valence-corrected chi connectivity index (χ1v) is 9.97. The second kappa shape index (κ2) is 10.2. The Morgan fingerprint density at radius 2 is 1.77 bits per heavy atom. The molecule has 2 aromatic heterocycles. The monoisotopic (exact) mass is 492 g/mol. The maximum absolute atomic E-state index is 12.7. The van der Waals surface area contributed by atoms with Gasteiger partial charge in [-0.05, 0) is 11.6 Å². The Hall–Kier alpha value is -4.42. The molecule has 1 aromatic carbocycles. The van der Waals surface area contributed by atoms with Gasteiger partial charge in [0.25, 0.3) is 5.56 Å². The van der Waals surface area contributed by atoms with Crippen LogP contribution >= 0.6 is 0 Å². The molecular formula is C22H19F3N4O6. The number of halogens is 3. The van der Waals surface area contributed by atoms with Crippen LogP contribution in [0.4, 0.5) is 19.0 Å². The average Bonchev–Trinajstić information content (AvgIpc) is 2.83. The molecule has 13 heteroatoms. The Bertz CT molecular complexity index is 1350. The molecule has 0 spiro atoms. The minimum atomic E-state index is -4.55. The summed E-state index contributed by atoms with van der Waals surface area (Å²) >= 11 is 0. The van der Waals surface area contributed by atoms with E-state index in [1.54, 1.807) is 30.3 Å². The minimum absolute atomic E-state index is 0.00583. The molecule has 0 radical (unpaired) electrons. The van der Waals surface area contributed by atoms with Crippen LogP contribution in [0.15, 0.2) is 58.3 Å². The number of ketones is 1. The van der Waals surface area contributed by atoms with Gasteiger partial charge in [-0.25, -0.2) is 14.6 Å². The first-order chi connectivity index (χ1) is 16.5. The highest BCUT2D eigenvalue weighted by molar-refractivity contribution is 6.02. The number of hydrogen-bond donors (Lipinski definition) is 1. The summed E-state index contributed by atoms with van der Waals surface area (Å²) in [6.07, 6.45) is -3.64. The van der Waals surface area contributed by atoms with E-state index in [4.69, 9.17) is 10.5 Å². The third kappa shape index (κ3) is 6.13. The number of pyridine rings is 1. The number of benzene rings is 1. The van der Waals surface area contributed by atoms with Crippen molar-refractivity contribution in [2.24, 2.45) is 7.05 Å². The van der Waals surface area contributed by atoms with Gasteiger partial charge in [-0.15, -0.1) is 0 Å². The minimum Gasteiger partial charge on any atom is -0.468 e. The molecule has 0 bridgehead atoms. The highest BCUT2D eigenvalue weighted by Gasteiger charge is 2.28. The van der Waals surface area contributed by atoms with Crippen LogP contribution in [0.3, 0.4) is 0 Å². The van der Waals surface area contributed by atoms with Gasteiger partial charge in [-0.3, -0.25) is 18.7 Å². The lowest BCUT2D eigenvalue weighted by molar-refractivity contribution is -0.154. The Morgan fingerprint density at radius 3 is 2.37 bits per heavy atom. The van der Waals surface area contributed by atoms with Crippen molar-refractivity contribution in [3.63, 3.8) is 0 Å². The summed E-state index contributed by atoms with van der Waals surface area (Å²) in [5.41, 5.74) is 4.29. The van der Waals surface area contributed by atoms with Crippen molar-refractivity contribution in [3.05, 3.63) is 86.2 Å². The Labute approximate surface area is 195 Å². The zero-order valence-corrected chi connectivity index (χ0v) is 18.2. The molecule has 0 aliphatic rings. The van der Waals surface area contributed by atoms with Gasteiger partial charge >= 0.3 is 17.8 Å². The Kier molecular flexibility index (Phi) is 7.37. The van der Waals surface area contributed by atoms with E-state index in [1.807, 2.05) is 0 Å². The van der Waals surface area contributed by atoms with Gasteiger partial charge in [0.15, 0.2) is 13.2 Å². The van der Waals surface area contributed by atoms with E-state index in [0.717, 1.165) is 27.5 Å². The number of esters is 1. The summed E-state index contributed by atoms with van der Waals surface area (Å²) in [5, 5.41) is 0. The lowest BCUT2D eigenvalue weighted by Crippen LogP contribution is -2.43. The number of anilines is 1. The van der Waals surface area contributed by atoms with E-state index in [1.165, 1.54) is 7.05 Å². The normalized spacial score (nSPS) is 11.2. The lowest BCUT2D eigenvalue weighted by Gasteiger charge is -2.14. The predicted molar refractivity (Wildman–Crippen MR) is 116 cm³/mol. The first kappa shape index (κ1) is 25.2. The van der Waals surface area contributed by atoms with Gasteiger partial charge in [0.05, 0.1) is 12.1 Å². The van der Waals surface area contributed by atoms with Crippen LogP contribution in [0.2, 0.25) is 0 Å². The predicted octanol–water partition coefficient (Wildman–Crippen LogP) is 1.55. The van der Waals surface area contributed by atoms with Crippen LogP contribution < -0.4 is 21.7 Å². The number of alkyl halides is 3. The van der Waals surface area contributed by atoms with Crippen LogP contribution in [0.5, 0.6) is 5.88 Å². The van der Waals surface area contributed by atoms with E-state index in [2.05, 4.69) is 9.72 Å². The molecule has 10 nitrogen and oxygen atoms in total. The quantitative estimate of drug-likeness (QED) is 0.370. The van der Waals surface area contributed by atoms with E-state index in [9.17, 15) is 32.3 Å². The van der Waals surface area contributed by atoms with Gasteiger partial charge in [0, 0.05) is 19.3 Å². The average molecular weight is 492 g/mol. The molecule has 0 amide bonds. The highest BCUT2D eigenvalue weighted by atomic mass is 19.4. The van der Waals surface area contributed by atoms with Gasteiger partial charge in [0.2, 0.25) is 11.7 Å². The fourth-order valence-corrected chi connectivity index (χ4v) is 2.99. The van der Waals surface area contributed by atoms with Crippen molar-refractivity contribution in [1.82, 2.24) is 14.1 Å². The van der Waals surface area contributed by atoms with E-state index in [-0.39, 0.29) is 23.8 Å². The molecule has 0 saturated heterocycles. The zero-order valence-electron chi connectivity index (χ0n) is 18.2. The number of ether oxygens (including phenoxy) is 2. The fourth-order valence-electron chi connectivity index (χ4n) is 2.99. The molecular weight excluding hydrogens is 473 g/mol. The number of rotatable bonds is 8. The summed E-state index contributed by atoms with van der Waals surface area (Å²) in [7, 11) is 1.18. The summed E-state index contributed by atoms with van der Waals surface area (Å²) in [6, 6.07) is 10.8. The Morgan fingerprint density at radius 1 is 1.09 bits per heavy atom. The molecule has 0 aliphatic heterocycles. The van der Waals surface area contributed by atoms with Gasteiger partial charge in [0.1, 0.15) is 11.4 Å². The van der Waals surface area contributed by atoms with Crippen LogP contribution in [0, 0.1) is 0 Å². The Balaban J connectivity index is 1.74. The van der Waals surface area contributed by atoms with Crippen LogP contribution in [-0.2, 0) is 18.3 Å². The molecule has 184 valence electrons. The topological polar surface area (TPSA) is 136 Å². The van der Waals surface area contributed by atoms with Crippen molar-refractivity contribution < 1.29 is 32.2 Å². The van der Waals surface area contributed by atoms with Crippen LogP contribution in [0.25, 0.3) is 0 Å². The smallest absolute Gasteiger partial charge is 0.422 e. The third-order valence-electron chi connectivity index (χ3n) is 4.74. The van der Waals surface area contributed by atoms with Gasteiger partial charge in [-0.2, -0.15) is 13.2 Å². The van der Waals surface area contributed by atoms with Crippen molar-refractivity contribution >= 4 is 17.6 Å². The summed E-state index contributed by atoms with van der Waals surface area (Å²) < 4.78 is 47.7. The highest BCUT2D eigenvalue weighted by Crippen LogP contribution is 2.17. The molecule has 2 N–H and O–H groups in total. The molecule has 0 aliphatic carbocycles.